The van der Waals surface area contributed by atoms with E-state index in [1.807, 2.05) is 0 Å². The highest BCUT2D eigenvalue weighted by Gasteiger charge is 2.32. The van der Waals surface area contributed by atoms with Gasteiger partial charge in [0.15, 0.2) is 0 Å². The quantitative estimate of drug-likeness (QED) is 0.606. The van der Waals surface area contributed by atoms with Crippen molar-refractivity contribution in [1.29, 1.82) is 0 Å². The molecule has 0 aliphatic carbocycles. The van der Waals surface area contributed by atoms with Crippen LogP contribution in [-0.4, -0.2) is 81.7 Å². The van der Waals surface area contributed by atoms with Gasteiger partial charge in [-0.3, -0.25) is 0 Å². The molecule has 114 valence electrons. The molecule has 0 radical (unpaired) electrons. The van der Waals surface area contributed by atoms with E-state index in [4.69, 9.17) is 11.6 Å². The Labute approximate surface area is 120 Å². The Hall–Kier alpha value is 0.0700. The van der Waals surface area contributed by atoms with Gasteiger partial charge in [-0.1, -0.05) is 0 Å². The molecule has 1 saturated heterocycles. The average Bonchev–Trinajstić information content (AvgIpc) is 2.35. The summed E-state index contributed by atoms with van der Waals surface area (Å²) in [5.41, 5.74) is 0. The number of nitrogens with zero attached hydrogens (tertiary/aromatic N) is 3. The fourth-order valence-electron chi connectivity index (χ4n) is 1.83. The van der Waals surface area contributed by atoms with E-state index in [9.17, 15) is 16.8 Å². The van der Waals surface area contributed by atoms with Crippen molar-refractivity contribution in [3.05, 3.63) is 0 Å². The van der Waals surface area contributed by atoms with Crippen LogP contribution in [-0.2, 0) is 20.2 Å². The third-order valence-electron chi connectivity index (χ3n) is 2.99. The molecule has 1 aliphatic heterocycles. The minimum Gasteiger partial charge on any atom is -0.213 e. The van der Waals surface area contributed by atoms with E-state index in [-0.39, 0.29) is 26.2 Å². The Morgan fingerprint density at radius 2 is 1.53 bits per heavy atom. The monoisotopic (exact) mass is 333 g/mol. The molecule has 1 rings (SSSR count). The number of rotatable bonds is 6. The van der Waals surface area contributed by atoms with E-state index < -0.39 is 20.2 Å². The molecular weight excluding hydrogens is 314 g/mol. The van der Waals surface area contributed by atoms with Gasteiger partial charge >= 0.3 is 0 Å². The maximum Gasteiger partial charge on any atom is 0.281 e. The number of halogens is 1. The zero-order chi connectivity index (χ0) is 14.7. The van der Waals surface area contributed by atoms with Crippen LogP contribution in [0.1, 0.15) is 6.42 Å². The Balaban J connectivity index is 2.64. The molecule has 0 saturated carbocycles. The van der Waals surface area contributed by atoms with E-state index in [0.29, 0.717) is 18.8 Å². The standard InChI is InChI=1S/C9H20ClN3O4S2/c1-11(5-3-4-10)19(16,17)13-8-6-12(7-9-13)18(2,14)15/h3-9H2,1-2H3. The van der Waals surface area contributed by atoms with Crippen LogP contribution < -0.4 is 0 Å². The van der Waals surface area contributed by atoms with Crippen LogP contribution >= 0.6 is 11.6 Å². The van der Waals surface area contributed by atoms with Gasteiger partial charge in [-0.05, 0) is 6.42 Å². The predicted octanol–water partition coefficient (Wildman–Crippen LogP) is -0.631. The normalized spacial score (nSPS) is 20.0. The van der Waals surface area contributed by atoms with Crippen LogP contribution in [0.4, 0.5) is 0 Å². The van der Waals surface area contributed by atoms with Gasteiger partial charge in [0.2, 0.25) is 10.0 Å². The number of piperazine rings is 1. The van der Waals surface area contributed by atoms with Crippen molar-refractivity contribution in [2.24, 2.45) is 0 Å². The zero-order valence-electron chi connectivity index (χ0n) is 11.1. The first-order valence-corrected chi connectivity index (χ1v) is 9.70. The fourth-order valence-corrected chi connectivity index (χ4v) is 4.15. The highest BCUT2D eigenvalue weighted by atomic mass is 35.5. The van der Waals surface area contributed by atoms with Crippen molar-refractivity contribution >= 4 is 31.8 Å². The number of sulfonamides is 1. The predicted molar refractivity (Wildman–Crippen MR) is 74.9 cm³/mol. The number of hydrogen-bond donors (Lipinski definition) is 0. The molecule has 1 aliphatic rings. The molecule has 10 heteroatoms. The number of alkyl halides is 1. The van der Waals surface area contributed by atoms with Crippen LogP contribution in [0.25, 0.3) is 0 Å². The van der Waals surface area contributed by atoms with Crippen LogP contribution in [0.5, 0.6) is 0 Å². The molecule has 0 bridgehead atoms. The maximum atomic E-state index is 12.2. The first-order chi connectivity index (χ1) is 8.69. The fraction of sp³-hybridized carbons (Fsp3) is 1.00. The zero-order valence-corrected chi connectivity index (χ0v) is 13.5. The highest BCUT2D eigenvalue weighted by molar-refractivity contribution is 7.88. The molecule has 0 amide bonds. The van der Waals surface area contributed by atoms with Crippen molar-refractivity contribution in [3.63, 3.8) is 0 Å². The van der Waals surface area contributed by atoms with E-state index >= 15 is 0 Å². The van der Waals surface area contributed by atoms with Crippen LogP contribution in [0, 0.1) is 0 Å². The molecule has 0 aromatic carbocycles. The van der Waals surface area contributed by atoms with Gasteiger partial charge in [-0.2, -0.15) is 21.3 Å². The second-order valence-electron chi connectivity index (χ2n) is 4.43. The van der Waals surface area contributed by atoms with E-state index in [1.165, 1.54) is 20.0 Å². The first-order valence-electron chi connectivity index (χ1n) is 5.92. The molecule has 1 fully saturated rings. The van der Waals surface area contributed by atoms with Crippen LogP contribution in [0.3, 0.4) is 0 Å². The maximum absolute atomic E-state index is 12.2. The molecule has 0 atom stereocenters. The Kier molecular flexibility index (Phi) is 6.02. The summed E-state index contributed by atoms with van der Waals surface area (Å²) in [5.74, 6) is 0.404. The van der Waals surface area contributed by atoms with E-state index in [1.54, 1.807) is 0 Å². The molecule has 0 aromatic heterocycles. The summed E-state index contributed by atoms with van der Waals surface area (Å²) in [6.45, 7) is 1.11. The Bertz CT molecular complexity index is 486. The molecule has 7 nitrogen and oxygen atoms in total. The molecule has 0 aromatic rings. The SMILES string of the molecule is CN(CCCCl)S(=O)(=O)N1CCN(S(C)(=O)=O)CC1. The Morgan fingerprint density at radius 1 is 1.05 bits per heavy atom. The lowest BCUT2D eigenvalue weighted by Crippen LogP contribution is -2.53. The van der Waals surface area contributed by atoms with Gasteiger partial charge in [0.1, 0.15) is 0 Å². The second-order valence-corrected chi connectivity index (χ2v) is 8.83. The van der Waals surface area contributed by atoms with Crippen molar-refractivity contribution < 1.29 is 16.8 Å². The van der Waals surface area contributed by atoms with Crippen molar-refractivity contribution in [1.82, 2.24) is 12.9 Å². The first kappa shape index (κ1) is 17.1. The summed E-state index contributed by atoms with van der Waals surface area (Å²) in [4.78, 5) is 0. The van der Waals surface area contributed by atoms with Gasteiger partial charge in [-0.15, -0.1) is 11.6 Å². The number of hydrogen-bond acceptors (Lipinski definition) is 4. The summed E-state index contributed by atoms with van der Waals surface area (Å²) in [7, 11) is -5.26. The molecule has 19 heavy (non-hydrogen) atoms. The smallest absolute Gasteiger partial charge is 0.213 e. The summed E-state index contributed by atoms with van der Waals surface area (Å²) in [6, 6.07) is 0. The van der Waals surface area contributed by atoms with Gasteiger partial charge in [0, 0.05) is 45.7 Å². The summed E-state index contributed by atoms with van der Waals surface area (Å²) in [5, 5.41) is 0. The minimum absolute atomic E-state index is 0.181. The van der Waals surface area contributed by atoms with E-state index in [0.717, 1.165) is 6.26 Å². The summed E-state index contributed by atoms with van der Waals surface area (Å²) in [6.07, 6.45) is 1.71. The van der Waals surface area contributed by atoms with Crippen molar-refractivity contribution in [2.75, 3.05) is 51.9 Å². The van der Waals surface area contributed by atoms with Gasteiger partial charge in [-0.25, -0.2) is 8.42 Å². The lowest BCUT2D eigenvalue weighted by molar-refractivity contribution is 0.260. The van der Waals surface area contributed by atoms with Crippen molar-refractivity contribution in [2.45, 2.75) is 6.42 Å². The largest absolute Gasteiger partial charge is 0.281 e. The molecular formula is C9H20ClN3O4S2. The van der Waals surface area contributed by atoms with Gasteiger partial charge < -0.3 is 0 Å². The minimum atomic E-state index is -3.52. The average molecular weight is 334 g/mol. The molecule has 0 N–H and O–H groups in total. The molecule has 1 heterocycles. The van der Waals surface area contributed by atoms with Crippen LogP contribution in [0.2, 0.25) is 0 Å². The second kappa shape index (κ2) is 6.68. The summed E-state index contributed by atoms with van der Waals surface area (Å²) < 4.78 is 50.9. The topological polar surface area (TPSA) is 78.0 Å². The Morgan fingerprint density at radius 3 is 1.95 bits per heavy atom. The van der Waals surface area contributed by atoms with Gasteiger partial charge in [0.25, 0.3) is 10.2 Å². The molecule has 0 spiro atoms. The van der Waals surface area contributed by atoms with Crippen LogP contribution in [0.15, 0.2) is 0 Å². The van der Waals surface area contributed by atoms with Crippen molar-refractivity contribution in [3.8, 4) is 0 Å². The summed E-state index contributed by atoms with van der Waals surface area (Å²) >= 11 is 5.54. The third-order valence-corrected chi connectivity index (χ3v) is 6.55. The highest BCUT2D eigenvalue weighted by Crippen LogP contribution is 2.13. The third kappa shape index (κ3) is 4.54. The lowest BCUT2D eigenvalue weighted by Gasteiger charge is -2.34. The molecule has 0 unspecified atom stereocenters. The van der Waals surface area contributed by atoms with Gasteiger partial charge in [0.05, 0.1) is 6.26 Å². The lowest BCUT2D eigenvalue weighted by atomic mass is 10.4. The van der Waals surface area contributed by atoms with E-state index in [2.05, 4.69) is 0 Å².